The highest BCUT2D eigenvalue weighted by Crippen LogP contribution is 2.35. The smallest absolute Gasteiger partial charge is 0.354 e. The third-order valence-corrected chi connectivity index (χ3v) is 4.37. The first-order chi connectivity index (χ1) is 11.5. The molecule has 1 aromatic heterocycles. The van der Waals surface area contributed by atoms with Crippen molar-refractivity contribution >= 4 is 11.9 Å². The van der Waals surface area contributed by atoms with Gasteiger partial charge in [-0.2, -0.15) is 0 Å². The third-order valence-electron chi connectivity index (χ3n) is 4.37. The van der Waals surface area contributed by atoms with Crippen LogP contribution in [0.5, 0.6) is 0 Å². The number of halogens is 1. The van der Waals surface area contributed by atoms with Crippen LogP contribution >= 0.6 is 0 Å². The molecular weight excluding hydrogens is 311 g/mol. The maximum atomic E-state index is 13.4. The highest BCUT2D eigenvalue weighted by Gasteiger charge is 2.38. The van der Waals surface area contributed by atoms with Crippen molar-refractivity contribution in [1.29, 1.82) is 0 Å². The number of benzene rings is 1. The zero-order valence-electron chi connectivity index (χ0n) is 13.0. The lowest BCUT2D eigenvalue weighted by atomic mass is 9.72. The van der Waals surface area contributed by atoms with Crippen molar-refractivity contribution < 1.29 is 19.1 Å². The van der Waals surface area contributed by atoms with Crippen molar-refractivity contribution in [2.24, 2.45) is 0 Å². The van der Waals surface area contributed by atoms with E-state index in [1.54, 1.807) is 6.07 Å². The van der Waals surface area contributed by atoms with Gasteiger partial charge in [-0.05, 0) is 55.5 Å². The zero-order valence-corrected chi connectivity index (χ0v) is 13.0. The molecule has 0 unspecified atom stereocenters. The lowest BCUT2D eigenvalue weighted by Crippen LogP contribution is -2.55. The van der Waals surface area contributed by atoms with Crippen LogP contribution in [0.1, 0.15) is 45.7 Å². The molecule has 0 spiro atoms. The van der Waals surface area contributed by atoms with E-state index in [0.717, 1.165) is 24.8 Å². The highest BCUT2D eigenvalue weighted by molar-refractivity contribution is 5.95. The van der Waals surface area contributed by atoms with Crippen LogP contribution in [0.3, 0.4) is 0 Å². The molecule has 0 aliphatic heterocycles. The topological polar surface area (TPSA) is 79.3 Å². The van der Waals surface area contributed by atoms with Crippen molar-refractivity contribution in [1.82, 2.24) is 10.3 Å². The first-order valence-corrected chi connectivity index (χ1v) is 7.74. The summed E-state index contributed by atoms with van der Waals surface area (Å²) < 4.78 is 13.4. The van der Waals surface area contributed by atoms with E-state index in [-0.39, 0.29) is 23.0 Å². The monoisotopic (exact) mass is 328 g/mol. The predicted octanol–water partition coefficient (Wildman–Crippen LogP) is 2.81. The molecule has 1 aromatic carbocycles. The minimum absolute atomic E-state index is 0.107. The Bertz CT molecular complexity index is 770. The Hall–Kier alpha value is -2.76. The molecule has 3 rings (SSSR count). The van der Waals surface area contributed by atoms with Gasteiger partial charge >= 0.3 is 5.97 Å². The summed E-state index contributed by atoms with van der Waals surface area (Å²) in [4.78, 5) is 27.0. The fourth-order valence-electron chi connectivity index (χ4n) is 2.95. The maximum absolute atomic E-state index is 13.4. The van der Waals surface area contributed by atoms with E-state index in [9.17, 15) is 14.0 Å². The summed E-state index contributed by atoms with van der Waals surface area (Å²) in [5.74, 6) is -1.72. The zero-order chi connectivity index (χ0) is 17.2. The van der Waals surface area contributed by atoms with E-state index < -0.39 is 5.97 Å². The molecule has 1 aliphatic rings. The Balaban J connectivity index is 1.72. The van der Waals surface area contributed by atoms with Gasteiger partial charge in [-0.3, -0.25) is 4.79 Å². The minimum Gasteiger partial charge on any atom is -0.477 e. The number of aromatic nitrogens is 1. The van der Waals surface area contributed by atoms with E-state index in [1.165, 1.54) is 30.5 Å². The number of carboxylic acids is 1. The Morgan fingerprint density at radius 1 is 1.25 bits per heavy atom. The molecule has 1 aliphatic carbocycles. The van der Waals surface area contributed by atoms with Gasteiger partial charge in [0.1, 0.15) is 11.5 Å². The van der Waals surface area contributed by atoms with Crippen LogP contribution in [-0.4, -0.2) is 27.5 Å². The number of carbonyl (C=O) groups is 2. The summed E-state index contributed by atoms with van der Waals surface area (Å²) in [6, 6.07) is 9.13. The lowest BCUT2D eigenvalue weighted by Gasteiger charge is -2.43. The number of carboxylic acid groups (broad SMARTS) is 1. The van der Waals surface area contributed by atoms with Crippen LogP contribution in [0, 0.1) is 5.82 Å². The van der Waals surface area contributed by atoms with Gasteiger partial charge in [0.25, 0.3) is 5.91 Å². The standard InChI is InChI=1S/C18H17FN2O3/c19-14-4-1-3-12(9-14)10-18(7-2-8-18)21-16(22)13-5-6-15(17(23)24)20-11-13/h1,3-6,9,11H,2,7-8,10H2,(H,21,22)(H,23,24). The van der Waals surface area contributed by atoms with Crippen LogP contribution in [0.4, 0.5) is 4.39 Å². The minimum atomic E-state index is -1.14. The Labute approximate surface area is 138 Å². The van der Waals surface area contributed by atoms with E-state index in [0.29, 0.717) is 12.0 Å². The largest absolute Gasteiger partial charge is 0.477 e. The van der Waals surface area contributed by atoms with Crippen molar-refractivity contribution in [2.45, 2.75) is 31.2 Å². The van der Waals surface area contributed by atoms with Gasteiger partial charge in [-0.15, -0.1) is 0 Å². The Morgan fingerprint density at radius 2 is 2.04 bits per heavy atom. The van der Waals surface area contributed by atoms with Gasteiger partial charge in [-0.25, -0.2) is 14.2 Å². The number of hydrogen-bond acceptors (Lipinski definition) is 3. The van der Waals surface area contributed by atoms with Crippen LogP contribution in [0.25, 0.3) is 0 Å². The SMILES string of the molecule is O=C(NC1(Cc2cccc(F)c2)CCC1)c1ccc(C(=O)O)nc1. The van der Waals surface area contributed by atoms with Crippen LogP contribution < -0.4 is 5.32 Å². The van der Waals surface area contributed by atoms with Gasteiger partial charge in [0.2, 0.25) is 0 Å². The second kappa shape index (κ2) is 6.39. The lowest BCUT2D eigenvalue weighted by molar-refractivity contribution is 0.0688. The molecule has 2 N–H and O–H groups in total. The van der Waals surface area contributed by atoms with Crippen molar-refractivity contribution in [3.05, 3.63) is 65.2 Å². The number of hydrogen-bond donors (Lipinski definition) is 2. The van der Waals surface area contributed by atoms with Crippen molar-refractivity contribution in [3.63, 3.8) is 0 Å². The summed E-state index contributed by atoms with van der Waals surface area (Å²) in [6.45, 7) is 0. The molecule has 24 heavy (non-hydrogen) atoms. The molecule has 0 bridgehead atoms. The number of nitrogens with one attached hydrogen (secondary N) is 1. The highest BCUT2D eigenvalue weighted by atomic mass is 19.1. The van der Waals surface area contributed by atoms with E-state index in [2.05, 4.69) is 10.3 Å². The molecule has 1 saturated carbocycles. The molecule has 0 atom stereocenters. The van der Waals surface area contributed by atoms with Gasteiger partial charge < -0.3 is 10.4 Å². The summed E-state index contributed by atoms with van der Waals surface area (Å²) >= 11 is 0. The van der Waals surface area contributed by atoms with E-state index >= 15 is 0 Å². The fraction of sp³-hybridized carbons (Fsp3) is 0.278. The Morgan fingerprint density at radius 3 is 2.58 bits per heavy atom. The number of amides is 1. The molecule has 2 aromatic rings. The number of nitrogens with zero attached hydrogens (tertiary/aromatic N) is 1. The summed E-state index contributed by atoms with van der Waals surface area (Å²) in [5, 5.41) is 11.9. The van der Waals surface area contributed by atoms with E-state index in [4.69, 9.17) is 5.11 Å². The molecule has 124 valence electrons. The van der Waals surface area contributed by atoms with Gasteiger partial charge in [0.05, 0.1) is 5.56 Å². The summed E-state index contributed by atoms with van der Waals surface area (Å²) in [5.41, 5.74) is 0.667. The first kappa shape index (κ1) is 16.1. The van der Waals surface area contributed by atoms with Gasteiger partial charge in [-0.1, -0.05) is 12.1 Å². The maximum Gasteiger partial charge on any atom is 0.354 e. The Kier molecular flexibility index (Phi) is 4.29. The van der Waals surface area contributed by atoms with Gasteiger partial charge in [0.15, 0.2) is 0 Å². The number of pyridine rings is 1. The fourth-order valence-corrected chi connectivity index (χ4v) is 2.95. The molecule has 1 heterocycles. The van der Waals surface area contributed by atoms with Crippen LogP contribution in [-0.2, 0) is 6.42 Å². The summed E-state index contributed by atoms with van der Waals surface area (Å²) in [6.07, 6.45) is 4.49. The normalized spacial score (nSPS) is 15.4. The average molecular weight is 328 g/mol. The van der Waals surface area contributed by atoms with Gasteiger partial charge in [0, 0.05) is 11.7 Å². The molecule has 1 amide bonds. The van der Waals surface area contributed by atoms with E-state index in [1.807, 2.05) is 6.07 Å². The van der Waals surface area contributed by atoms with Crippen molar-refractivity contribution in [3.8, 4) is 0 Å². The predicted molar refractivity (Wildman–Crippen MR) is 85.3 cm³/mol. The molecule has 5 nitrogen and oxygen atoms in total. The second-order valence-electron chi connectivity index (χ2n) is 6.13. The number of aromatic carboxylic acids is 1. The molecule has 1 fully saturated rings. The van der Waals surface area contributed by atoms with Crippen LogP contribution in [0.2, 0.25) is 0 Å². The molecular formula is C18H17FN2O3. The number of carbonyl (C=O) groups excluding carboxylic acids is 1. The van der Waals surface area contributed by atoms with Crippen LogP contribution in [0.15, 0.2) is 42.6 Å². The summed E-state index contributed by atoms with van der Waals surface area (Å²) in [7, 11) is 0. The quantitative estimate of drug-likeness (QED) is 0.884. The van der Waals surface area contributed by atoms with Crippen molar-refractivity contribution in [2.75, 3.05) is 0 Å². The second-order valence-corrected chi connectivity index (χ2v) is 6.13. The molecule has 6 heteroatoms. The first-order valence-electron chi connectivity index (χ1n) is 7.74. The molecule has 0 saturated heterocycles. The molecule has 0 radical (unpaired) electrons. The number of rotatable bonds is 5. The average Bonchev–Trinajstić information content (AvgIpc) is 2.52. The third kappa shape index (κ3) is 3.42.